The molecule has 3 amide bonds. The van der Waals surface area contributed by atoms with E-state index in [-0.39, 0.29) is 67.7 Å². The van der Waals surface area contributed by atoms with Crippen LogP contribution in [0.2, 0.25) is 0 Å². The summed E-state index contributed by atoms with van der Waals surface area (Å²) in [5.74, 6) is -3.56. The lowest BCUT2D eigenvalue weighted by molar-refractivity contribution is -0.163. The van der Waals surface area contributed by atoms with Crippen molar-refractivity contribution in [2.24, 2.45) is 11.8 Å². The molecule has 1 spiro atoms. The van der Waals surface area contributed by atoms with Crippen LogP contribution < -0.4 is 5.32 Å². The van der Waals surface area contributed by atoms with Gasteiger partial charge in [0, 0.05) is 44.1 Å². The molecule has 3 saturated heterocycles. The number of likely N-dealkylation sites (tertiary alicyclic amines) is 1. The first kappa shape index (κ1) is 35.8. The number of benzene rings is 1. The number of nitrogens with one attached hydrogen (secondary N) is 1. The number of nitrogens with zero attached hydrogens (tertiary/aromatic N) is 2. The van der Waals surface area contributed by atoms with Crippen LogP contribution in [-0.4, -0.2) is 107 Å². The van der Waals surface area contributed by atoms with Crippen LogP contribution in [-0.2, 0) is 33.4 Å². The molecule has 11 nitrogen and oxygen atoms in total. The van der Waals surface area contributed by atoms with Crippen LogP contribution in [0.4, 0.5) is 0 Å². The van der Waals surface area contributed by atoms with E-state index in [2.05, 4.69) is 34.4 Å². The fourth-order valence-corrected chi connectivity index (χ4v) is 8.08. The van der Waals surface area contributed by atoms with Crippen LogP contribution in [0.3, 0.4) is 0 Å². The van der Waals surface area contributed by atoms with E-state index in [0.717, 1.165) is 0 Å². The molecule has 8 atom stereocenters. The molecule has 0 aliphatic carbocycles. The van der Waals surface area contributed by atoms with Crippen LogP contribution in [0, 0.1) is 11.8 Å². The fourth-order valence-electron chi connectivity index (χ4n) is 7.14. The Labute approximate surface area is 279 Å². The third-order valence-electron chi connectivity index (χ3n) is 9.09. The normalized spacial score (nSPS) is 27.7. The Morgan fingerprint density at radius 1 is 1.24 bits per heavy atom. The van der Waals surface area contributed by atoms with Crippen LogP contribution in [0.15, 0.2) is 55.6 Å². The maximum atomic E-state index is 14.3. The van der Waals surface area contributed by atoms with Gasteiger partial charge in [0.15, 0.2) is 0 Å². The van der Waals surface area contributed by atoms with E-state index >= 15 is 0 Å². The van der Waals surface area contributed by atoms with Gasteiger partial charge in [-0.05, 0) is 38.7 Å². The number of ether oxygens (including phenoxy) is 3. The minimum Gasteiger partial charge on any atom is -0.455 e. The van der Waals surface area contributed by atoms with E-state index in [1.165, 1.54) is 12.0 Å². The number of halogens is 1. The van der Waals surface area contributed by atoms with Crippen LogP contribution in [0.25, 0.3) is 0 Å². The molecule has 12 heteroatoms. The zero-order chi connectivity index (χ0) is 33.6. The lowest BCUT2D eigenvalue weighted by atomic mass is 9.70. The quantitative estimate of drug-likeness (QED) is 0.144. The molecule has 0 saturated carbocycles. The molecule has 252 valence electrons. The minimum atomic E-state index is -1.27. The highest BCUT2D eigenvalue weighted by molar-refractivity contribution is 9.09. The van der Waals surface area contributed by atoms with Gasteiger partial charge < -0.3 is 34.4 Å². The van der Waals surface area contributed by atoms with Gasteiger partial charge in [-0.25, -0.2) is 0 Å². The van der Waals surface area contributed by atoms with E-state index in [0.29, 0.717) is 18.4 Å². The highest BCUT2D eigenvalue weighted by Gasteiger charge is 2.77. The number of fused-ring (bicyclic) bond motifs is 1. The van der Waals surface area contributed by atoms with E-state index in [1.807, 2.05) is 32.0 Å². The third kappa shape index (κ3) is 6.95. The summed E-state index contributed by atoms with van der Waals surface area (Å²) in [5, 5.41) is 12.6. The summed E-state index contributed by atoms with van der Waals surface area (Å²) in [6, 6.07) is 7.16. The Morgan fingerprint density at radius 3 is 2.57 bits per heavy atom. The van der Waals surface area contributed by atoms with Gasteiger partial charge in [0.25, 0.3) is 0 Å². The number of rotatable bonds is 17. The van der Waals surface area contributed by atoms with Crippen molar-refractivity contribution in [3.63, 3.8) is 0 Å². The summed E-state index contributed by atoms with van der Waals surface area (Å²) in [6.07, 6.45) is 2.93. The van der Waals surface area contributed by atoms with Gasteiger partial charge in [-0.2, -0.15) is 0 Å². The number of aliphatic hydroxyl groups excluding tert-OH is 1. The maximum absolute atomic E-state index is 14.3. The molecule has 2 N–H and O–H groups in total. The topological polar surface area (TPSA) is 135 Å². The largest absolute Gasteiger partial charge is 0.455 e. The number of carbonyl (C=O) groups excluding carboxylic acids is 4. The van der Waals surface area contributed by atoms with Crippen molar-refractivity contribution < 1.29 is 38.5 Å². The van der Waals surface area contributed by atoms with Gasteiger partial charge >= 0.3 is 5.97 Å². The summed E-state index contributed by atoms with van der Waals surface area (Å²) in [7, 11) is 1.50. The molecular weight excluding hydrogens is 658 g/mol. The molecule has 2 bridgehead atoms. The zero-order valence-corrected chi connectivity index (χ0v) is 28.4. The first-order chi connectivity index (χ1) is 22.1. The Hall–Kier alpha value is -3.06. The Morgan fingerprint density at radius 2 is 1.96 bits per heavy atom. The number of methoxy groups -OCH3 is 1. The highest BCUT2D eigenvalue weighted by atomic mass is 79.9. The molecule has 1 aromatic rings. The second-order valence-electron chi connectivity index (χ2n) is 12.4. The molecule has 0 aromatic heterocycles. The molecule has 1 unspecified atom stereocenters. The third-order valence-corrected chi connectivity index (χ3v) is 9.93. The van der Waals surface area contributed by atoms with Crippen LogP contribution in [0.5, 0.6) is 0 Å². The van der Waals surface area contributed by atoms with Crippen molar-refractivity contribution in [3.8, 4) is 0 Å². The molecular formula is C34H46BrN3O8. The predicted octanol–water partition coefficient (Wildman–Crippen LogP) is 2.92. The van der Waals surface area contributed by atoms with Crippen molar-refractivity contribution in [3.05, 3.63) is 61.2 Å². The molecule has 3 aliphatic heterocycles. The van der Waals surface area contributed by atoms with Crippen molar-refractivity contribution in [1.82, 2.24) is 15.1 Å². The second-order valence-corrected chi connectivity index (χ2v) is 13.5. The van der Waals surface area contributed by atoms with Gasteiger partial charge in [-0.1, -0.05) is 58.4 Å². The number of esters is 1. The maximum Gasteiger partial charge on any atom is 0.313 e. The Bertz CT molecular complexity index is 1280. The average Bonchev–Trinajstić information content (AvgIpc) is 3.63. The number of allylic oxidation sites excluding steroid dienone is 1. The monoisotopic (exact) mass is 703 g/mol. The molecule has 4 rings (SSSR count). The summed E-state index contributed by atoms with van der Waals surface area (Å²) < 4.78 is 18.3. The van der Waals surface area contributed by atoms with Crippen LogP contribution in [0.1, 0.15) is 51.2 Å². The standard InChI is InChI=1S/C34H46BrN3O8/c1-6-8-15-25(40)36-24(20-44-5)28(22-13-10-9-11-14-22)45-33(43)26-27-31(41)38(17-12-18-39)30(32(42)37(16-7-2)21(3)4)34(27)19-23(35)29(26)46-34/h6-7,9-11,13-14,21,23-24,26-30,39H,1-2,8,12,15-20H2,3-5H3,(H,36,40)/t23?,24-,26+,27-,28-,29+,30+,34-/m1/s1. The number of amides is 3. The first-order valence-corrected chi connectivity index (χ1v) is 16.8. The number of hydrogen-bond acceptors (Lipinski definition) is 8. The van der Waals surface area contributed by atoms with Gasteiger partial charge in [0.05, 0.1) is 30.6 Å². The lowest BCUT2D eigenvalue weighted by Gasteiger charge is -2.38. The minimum absolute atomic E-state index is 0.0600. The van der Waals surface area contributed by atoms with Gasteiger partial charge in [0.2, 0.25) is 17.7 Å². The van der Waals surface area contributed by atoms with Gasteiger partial charge in [-0.15, -0.1) is 13.2 Å². The highest BCUT2D eigenvalue weighted by Crippen LogP contribution is 2.60. The number of carbonyl (C=O) groups is 4. The molecule has 3 fully saturated rings. The van der Waals surface area contributed by atoms with E-state index in [4.69, 9.17) is 14.2 Å². The van der Waals surface area contributed by atoms with Gasteiger partial charge in [0.1, 0.15) is 17.7 Å². The number of aliphatic hydroxyl groups is 1. The molecule has 46 heavy (non-hydrogen) atoms. The summed E-state index contributed by atoms with van der Waals surface area (Å²) in [4.78, 5) is 58.5. The van der Waals surface area contributed by atoms with E-state index in [1.54, 1.807) is 29.2 Å². The summed E-state index contributed by atoms with van der Waals surface area (Å²) in [6.45, 7) is 11.6. The lowest BCUT2D eigenvalue weighted by Crippen LogP contribution is -2.58. The molecule has 3 aliphatic rings. The van der Waals surface area contributed by atoms with Gasteiger partial charge in [-0.3, -0.25) is 19.2 Å². The van der Waals surface area contributed by atoms with Crippen molar-refractivity contribution >= 4 is 39.6 Å². The fraction of sp³-hybridized carbons (Fsp3) is 0.588. The molecule has 0 radical (unpaired) electrons. The van der Waals surface area contributed by atoms with E-state index < -0.39 is 47.7 Å². The summed E-state index contributed by atoms with van der Waals surface area (Å²) in [5.41, 5.74) is -0.628. The van der Waals surface area contributed by atoms with Crippen molar-refractivity contribution in [1.29, 1.82) is 0 Å². The number of alkyl halides is 1. The smallest absolute Gasteiger partial charge is 0.313 e. The van der Waals surface area contributed by atoms with Crippen molar-refractivity contribution in [2.75, 3.05) is 33.4 Å². The Kier molecular flexibility index (Phi) is 12.2. The predicted molar refractivity (Wildman–Crippen MR) is 175 cm³/mol. The molecule has 3 heterocycles. The van der Waals surface area contributed by atoms with E-state index in [9.17, 15) is 24.3 Å². The first-order valence-electron chi connectivity index (χ1n) is 15.8. The zero-order valence-electron chi connectivity index (χ0n) is 26.8. The average molecular weight is 705 g/mol. The molecule has 1 aromatic carbocycles. The van der Waals surface area contributed by atoms with Crippen molar-refractivity contribution in [2.45, 2.75) is 80.3 Å². The number of hydrogen-bond donors (Lipinski definition) is 2. The SMILES string of the molecule is C=CCCC(=O)N[C@H](COC)[C@H](OC(=O)[C@@H]1[C@H]2O[C@@]3(CC2Br)[C@H](C(=O)N(CC=C)C(C)C)N(CCCO)C(=O)[C@@H]13)c1ccccc1. The Balaban J connectivity index is 1.71. The van der Waals surface area contributed by atoms with Crippen LogP contribution >= 0.6 is 15.9 Å². The second kappa shape index (κ2) is 15.7. The summed E-state index contributed by atoms with van der Waals surface area (Å²) >= 11 is 3.69.